The van der Waals surface area contributed by atoms with Crippen molar-refractivity contribution in [3.05, 3.63) is 53.6 Å². The standard InChI is InChI=1S/C16H13NO4/c1-20-13-8-11-12(9-14(13)21-2)16(19)17(15(11)18)10-6-4-3-5-7-10/h3-9H,1-2H3. The van der Waals surface area contributed by atoms with Gasteiger partial charge in [0.1, 0.15) is 0 Å². The van der Waals surface area contributed by atoms with E-state index in [1.165, 1.54) is 26.4 Å². The number of carbonyl (C=O) groups excluding carboxylic acids is 2. The molecular formula is C16H13NO4. The van der Waals surface area contributed by atoms with Crippen LogP contribution in [0.3, 0.4) is 0 Å². The van der Waals surface area contributed by atoms with Gasteiger partial charge in [0, 0.05) is 0 Å². The Balaban J connectivity index is 2.13. The molecule has 0 spiro atoms. The van der Waals surface area contributed by atoms with Crippen LogP contribution in [-0.2, 0) is 0 Å². The minimum absolute atomic E-state index is 0.321. The van der Waals surface area contributed by atoms with Crippen LogP contribution in [0.1, 0.15) is 20.7 Å². The summed E-state index contributed by atoms with van der Waals surface area (Å²) in [4.78, 5) is 26.1. The molecule has 0 radical (unpaired) electrons. The summed E-state index contributed by atoms with van der Waals surface area (Å²) < 4.78 is 10.4. The largest absolute Gasteiger partial charge is 0.493 e. The van der Waals surface area contributed by atoms with Gasteiger partial charge in [-0.3, -0.25) is 9.59 Å². The second-order valence-corrected chi connectivity index (χ2v) is 4.53. The van der Waals surface area contributed by atoms with Crippen molar-refractivity contribution < 1.29 is 19.1 Å². The van der Waals surface area contributed by atoms with Crippen LogP contribution < -0.4 is 14.4 Å². The van der Waals surface area contributed by atoms with Crippen LogP contribution in [0, 0.1) is 0 Å². The summed E-state index contributed by atoms with van der Waals surface area (Å²) >= 11 is 0. The molecular weight excluding hydrogens is 270 g/mol. The summed E-state index contributed by atoms with van der Waals surface area (Å²) in [6, 6.07) is 11.9. The molecule has 0 aliphatic carbocycles. The molecule has 0 saturated heterocycles. The van der Waals surface area contributed by atoms with E-state index >= 15 is 0 Å². The fraction of sp³-hybridized carbons (Fsp3) is 0.125. The number of imide groups is 1. The van der Waals surface area contributed by atoms with Crippen molar-refractivity contribution in [2.75, 3.05) is 19.1 Å². The lowest BCUT2D eigenvalue weighted by molar-refractivity contribution is 0.0926. The summed E-state index contributed by atoms with van der Waals surface area (Å²) in [5.74, 6) is 0.129. The van der Waals surface area contributed by atoms with E-state index in [-0.39, 0.29) is 11.8 Å². The predicted molar refractivity (Wildman–Crippen MR) is 77.1 cm³/mol. The van der Waals surface area contributed by atoms with Crippen molar-refractivity contribution in [2.45, 2.75) is 0 Å². The lowest BCUT2D eigenvalue weighted by atomic mass is 10.1. The maximum absolute atomic E-state index is 12.5. The topological polar surface area (TPSA) is 55.8 Å². The van der Waals surface area contributed by atoms with E-state index in [1.807, 2.05) is 6.07 Å². The first-order chi connectivity index (χ1) is 10.2. The van der Waals surface area contributed by atoms with Crippen molar-refractivity contribution in [1.82, 2.24) is 0 Å². The molecule has 2 amide bonds. The molecule has 0 N–H and O–H groups in total. The normalized spacial score (nSPS) is 13.3. The Labute approximate surface area is 121 Å². The van der Waals surface area contributed by atoms with Crippen LogP contribution in [-0.4, -0.2) is 26.0 Å². The Kier molecular flexibility index (Phi) is 3.10. The van der Waals surface area contributed by atoms with Crippen molar-refractivity contribution in [2.24, 2.45) is 0 Å². The number of methoxy groups -OCH3 is 2. The second-order valence-electron chi connectivity index (χ2n) is 4.53. The number of fused-ring (bicyclic) bond motifs is 1. The monoisotopic (exact) mass is 283 g/mol. The lowest BCUT2D eigenvalue weighted by Crippen LogP contribution is -2.29. The fourth-order valence-corrected chi connectivity index (χ4v) is 2.38. The number of ether oxygens (including phenoxy) is 2. The van der Waals surface area contributed by atoms with Crippen LogP contribution in [0.15, 0.2) is 42.5 Å². The highest BCUT2D eigenvalue weighted by molar-refractivity contribution is 6.34. The molecule has 1 heterocycles. The number of hydrogen-bond acceptors (Lipinski definition) is 4. The Morgan fingerprint density at radius 3 is 1.71 bits per heavy atom. The first kappa shape index (κ1) is 13.2. The van der Waals surface area contributed by atoms with E-state index in [9.17, 15) is 9.59 Å². The Hall–Kier alpha value is -2.82. The molecule has 0 aromatic heterocycles. The van der Waals surface area contributed by atoms with Gasteiger partial charge in [-0.05, 0) is 24.3 Å². The number of hydrogen-bond donors (Lipinski definition) is 0. The number of rotatable bonds is 3. The molecule has 106 valence electrons. The summed E-state index contributed by atoms with van der Waals surface area (Å²) in [6.07, 6.45) is 0. The fourth-order valence-electron chi connectivity index (χ4n) is 2.38. The predicted octanol–water partition coefficient (Wildman–Crippen LogP) is 2.50. The molecule has 0 atom stereocenters. The third-order valence-electron chi connectivity index (χ3n) is 3.41. The average Bonchev–Trinajstić information content (AvgIpc) is 2.77. The van der Waals surface area contributed by atoms with Crippen LogP contribution in [0.25, 0.3) is 0 Å². The van der Waals surface area contributed by atoms with E-state index in [1.54, 1.807) is 24.3 Å². The number of anilines is 1. The number of amides is 2. The van der Waals surface area contributed by atoms with E-state index in [0.29, 0.717) is 28.3 Å². The molecule has 0 unspecified atom stereocenters. The Bertz CT molecular complexity index is 682. The van der Waals surface area contributed by atoms with E-state index in [2.05, 4.69) is 0 Å². The van der Waals surface area contributed by atoms with Gasteiger partial charge >= 0.3 is 0 Å². The molecule has 1 aliphatic rings. The molecule has 5 heteroatoms. The second kappa shape index (κ2) is 4.94. The van der Waals surface area contributed by atoms with Gasteiger partial charge in [0.15, 0.2) is 11.5 Å². The first-order valence-corrected chi connectivity index (χ1v) is 6.37. The maximum atomic E-state index is 12.5. The third kappa shape index (κ3) is 1.94. The zero-order valence-corrected chi connectivity index (χ0v) is 11.6. The minimum Gasteiger partial charge on any atom is -0.493 e. The zero-order valence-electron chi connectivity index (χ0n) is 11.6. The molecule has 0 bridgehead atoms. The molecule has 0 fully saturated rings. The van der Waals surface area contributed by atoms with Gasteiger partial charge in [-0.15, -0.1) is 0 Å². The SMILES string of the molecule is COc1cc2c(cc1OC)C(=O)N(c1ccccc1)C2=O. The molecule has 1 aliphatic heterocycles. The molecule has 2 aromatic carbocycles. The summed E-state index contributed by atoms with van der Waals surface area (Å²) in [5, 5.41) is 0. The third-order valence-corrected chi connectivity index (χ3v) is 3.41. The average molecular weight is 283 g/mol. The van der Waals surface area contributed by atoms with Crippen molar-refractivity contribution in [3.8, 4) is 11.5 Å². The number of para-hydroxylation sites is 1. The molecule has 21 heavy (non-hydrogen) atoms. The van der Waals surface area contributed by atoms with Crippen molar-refractivity contribution >= 4 is 17.5 Å². The van der Waals surface area contributed by atoms with Crippen LogP contribution in [0.4, 0.5) is 5.69 Å². The summed E-state index contributed by atoms with van der Waals surface area (Å²) in [5.41, 5.74) is 1.18. The molecule has 0 saturated carbocycles. The van der Waals surface area contributed by atoms with Crippen LogP contribution >= 0.6 is 0 Å². The van der Waals surface area contributed by atoms with Gasteiger partial charge in [0.2, 0.25) is 0 Å². The highest BCUT2D eigenvalue weighted by Gasteiger charge is 2.37. The highest BCUT2D eigenvalue weighted by Crippen LogP contribution is 2.36. The number of carbonyl (C=O) groups is 2. The number of nitrogens with zero attached hydrogens (tertiary/aromatic N) is 1. The van der Waals surface area contributed by atoms with Gasteiger partial charge in [-0.25, -0.2) is 4.90 Å². The quantitative estimate of drug-likeness (QED) is 0.812. The van der Waals surface area contributed by atoms with Gasteiger partial charge in [0.05, 0.1) is 31.0 Å². The van der Waals surface area contributed by atoms with Crippen molar-refractivity contribution in [1.29, 1.82) is 0 Å². The Morgan fingerprint density at radius 2 is 1.29 bits per heavy atom. The van der Waals surface area contributed by atoms with Crippen LogP contribution in [0.2, 0.25) is 0 Å². The lowest BCUT2D eigenvalue weighted by Gasteiger charge is -2.13. The maximum Gasteiger partial charge on any atom is 0.266 e. The smallest absolute Gasteiger partial charge is 0.266 e. The van der Waals surface area contributed by atoms with Gasteiger partial charge in [-0.1, -0.05) is 18.2 Å². The Morgan fingerprint density at radius 1 is 0.810 bits per heavy atom. The van der Waals surface area contributed by atoms with Gasteiger partial charge in [-0.2, -0.15) is 0 Å². The minimum atomic E-state index is -0.359. The molecule has 3 rings (SSSR count). The van der Waals surface area contributed by atoms with Gasteiger partial charge < -0.3 is 9.47 Å². The summed E-state index contributed by atoms with van der Waals surface area (Å²) in [6.45, 7) is 0. The van der Waals surface area contributed by atoms with E-state index in [0.717, 1.165) is 4.90 Å². The number of benzene rings is 2. The molecule has 2 aromatic rings. The molecule has 5 nitrogen and oxygen atoms in total. The highest BCUT2D eigenvalue weighted by atomic mass is 16.5. The van der Waals surface area contributed by atoms with Crippen LogP contribution in [0.5, 0.6) is 11.5 Å². The van der Waals surface area contributed by atoms with Gasteiger partial charge in [0.25, 0.3) is 11.8 Å². The first-order valence-electron chi connectivity index (χ1n) is 6.37. The zero-order chi connectivity index (χ0) is 15.0. The van der Waals surface area contributed by atoms with E-state index in [4.69, 9.17) is 9.47 Å². The summed E-state index contributed by atoms with van der Waals surface area (Å²) in [7, 11) is 2.97. The van der Waals surface area contributed by atoms with Crippen molar-refractivity contribution in [3.63, 3.8) is 0 Å². The van der Waals surface area contributed by atoms with E-state index < -0.39 is 0 Å².